The number of carbonyl (C=O) groups excluding carboxylic acids is 2. The van der Waals surface area contributed by atoms with Crippen molar-refractivity contribution in [1.82, 2.24) is 0 Å². The third-order valence-electron chi connectivity index (χ3n) is 0.727. The fourth-order valence-electron chi connectivity index (χ4n) is 0.303. The molecule has 50 valence electrons. The van der Waals surface area contributed by atoms with Crippen LogP contribution in [0.4, 0.5) is 0 Å². The molecule has 0 unspecified atom stereocenters. The second-order valence-electron chi connectivity index (χ2n) is 1.34. The number of methoxy groups -OCH3 is 1. The lowest BCUT2D eigenvalue weighted by Crippen LogP contribution is -1.96. The zero-order valence-electron chi connectivity index (χ0n) is 5.16. The quantitative estimate of drug-likeness (QED) is 0.312. The van der Waals surface area contributed by atoms with Gasteiger partial charge in [-0.2, -0.15) is 0 Å². The lowest BCUT2D eigenvalue weighted by atomic mass is 10.4. The topological polar surface area (TPSA) is 43.4 Å². The first-order chi connectivity index (χ1) is 4.31. The zero-order chi connectivity index (χ0) is 7.11. The number of rotatable bonds is 3. The molecular formula is C6H8O3. The van der Waals surface area contributed by atoms with Crippen LogP contribution in [0.5, 0.6) is 0 Å². The van der Waals surface area contributed by atoms with Crippen molar-refractivity contribution in [3.05, 3.63) is 12.2 Å². The smallest absolute Gasteiger partial charge is 0.309 e. The second kappa shape index (κ2) is 5.03. The first-order valence-electron chi connectivity index (χ1n) is 2.48. The minimum atomic E-state index is -0.340. The van der Waals surface area contributed by atoms with E-state index in [1.54, 1.807) is 0 Å². The highest BCUT2D eigenvalue weighted by Crippen LogP contribution is 1.83. The summed E-state index contributed by atoms with van der Waals surface area (Å²) in [6.07, 6.45) is 3.48. The van der Waals surface area contributed by atoms with Crippen LogP contribution >= 0.6 is 0 Å². The maximum Gasteiger partial charge on any atom is 0.309 e. The number of hydrogen-bond acceptors (Lipinski definition) is 3. The van der Waals surface area contributed by atoms with Crippen molar-refractivity contribution in [2.24, 2.45) is 0 Å². The average molecular weight is 128 g/mol. The molecule has 0 aromatic rings. The Balaban J connectivity index is 3.37. The van der Waals surface area contributed by atoms with Crippen LogP contribution in [0.2, 0.25) is 0 Å². The summed E-state index contributed by atoms with van der Waals surface area (Å²) in [4.78, 5) is 19.9. The fourth-order valence-corrected chi connectivity index (χ4v) is 0.303. The van der Waals surface area contributed by atoms with Gasteiger partial charge in [-0.1, -0.05) is 6.08 Å². The van der Waals surface area contributed by atoms with Crippen molar-refractivity contribution in [2.75, 3.05) is 7.11 Å². The van der Waals surface area contributed by atoms with Gasteiger partial charge < -0.3 is 4.74 Å². The van der Waals surface area contributed by atoms with E-state index >= 15 is 0 Å². The molecule has 0 heterocycles. The van der Waals surface area contributed by atoms with Gasteiger partial charge in [0.2, 0.25) is 0 Å². The molecule has 0 spiro atoms. The lowest BCUT2D eigenvalue weighted by molar-refractivity contribution is -0.139. The molecule has 9 heavy (non-hydrogen) atoms. The number of hydrogen-bond donors (Lipinski definition) is 0. The number of carbonyl (C=O) groups is 2. The van der Waals surface area contributed by atoms with Gasteiger partial charge in [0.1, 0.15) is 6.29 Å². The van der Waals surface area contributed by atoms with Crippen LogP contribution in [0.15, 0.2) is 12.2 Å². The van der Waals surface area contributed by atoms with Crippen molar-refractivity contribution in [3.8, 4) is 0 Å². The summed E-state index contributed by atoms with van der Waals surface area (Å²) in [7, 11) is 1.30. The minimum absolute atomic E-state index is 0.162. The van der Waals surface area contributed by atoms with Crippen LogP contribution in [0.3, 0.4) is 0 Å². The van der Waals surface area contributed by atoms with E-state index in [0.717, 1.165) is 0 Å². The van der Waals surface area contributed by atoms with E-state index in [1.807, 2.05) is 0 Å². The normalized spacial score (nSPS) is 9.44. The van der Waals surface area contributed by atoms with Gasteiger partial charge >= 0.3 is 5.97 Å². The molecule has 0 saturated heterocycles. The summed E-state index contributed by atoms with van der Waals surface area (Å²) in [5.41, 5.74) is 0. The van der Waals surface area contributed by atoms with Crippen molar-refractivity contribution in [1.29, 1.82) is 0 Å². The Labute approximate surface area is 53.3 Å². The van der Waals surface area contributed by atoms with Crippen LogP contribution in [0.1, 0.15) is 6.42 Å². The summed E-state index contributed by atoms with van der Waals surface area (Å²) in [5.74, 6) is -0.340. The lowest BCUT2D eigenvalue weighted by Gasteiger charge is -1.89. The Morgan fingerprint density at radius 3 is 2.78 bits per heavy atom. The van der Waals surface area contributed by atoms with Gasteiger partial charge in [0.15, 0.2) is 0 Å². The van der Waals surface area contributed by atoms with E-state index in [2.05, 4.69) is 4.74 Å². The second-order valence-corrected chi connectivity index (χ2v) is 1.34. The monoisotopic (exact) mass is 128 g/mol. The van der Waals surface area contributed by atoms with E-state index in [4.69, 9.17) is 0 Å². The van der Waals surface area contributed by atoms with Crippen molar-refractivity contribution in [3.63, 3.8) is 0 Å². The molecular weight excluding hydrogens is 120 g/mol. The maximum atomic E-state index is 10.3. The third kappa shape index (κ3) is 4.74. The Morgan fingerprint density at radius 1 is 1.67 bits per heavy atom. The SMILES string of the molecule is COC(=O)CC=CC=O. The standard InChI is InChI=1S/C6H8O3/c1-9-6(8)4-2-3-5-7/h2-3,5H,4H2,1H3. The van der Waals surface area contributed by atoms with Crippen LogP contribution in [0.25, 0.3) is 0 Å². The van der Waals surface area contributed by atoms with E-state index in [1.165, 1.54) is 19.3 Å². The largest absolute Gasteiger partial charge is 0.469 e. The van der Waals surface area contributed by atoms with Crippen LogP contribution < -0.4 is 0 Å². The van der Waals surface area contributed by atoms with E-state index < -0.39 is 0 Å². The van der Waals surface area contributed by atoms with Crippen molar-refractivity contribution < 1.29 is 14.3 Å². The molecule has 0 radical (unpaired) electrons. The van der Waals surface area contributed by atoms with Gasteiger partial charge in [-0.3, -0.25) is 9.59 Å². The van der Waals surface area contributed by atoms with E-state index in [-0.39, 0.29) is 12.4 Å². The highest BCUT2D eigenvalue weighted by atomic mass is 16.5. The molecule has 0 rings (SSSR count). The van der Waals surface area contributed by atoms with Gasteiger partial charge in [-0.25, -0.2) is 0 Å². The predicted molar refractivity (Wildman–Crippen MR) is 31.8 cm³/mol. The maximum absolute atomic E-state index is 10.3. The molecule has 0 N–H and O–H groups in total. The van der Waals surface area contributed by atoms with Gasteiger partial charge in [0.25, 0.3) is 0 Å². The average Bonchev–Trinajstić information content (AvgIpc) is 1.89. The summed E-state index contributed by atoms with van der Waals surface area (Å²) in [6.45, 7) is 0. The van der Waals surface area contributed by atoms with Crippen LogP contribution in [-0.4, -0.2) is 19.4 Å². The molecule has 3 nitrogen and oxygen atoms in total. The minimum Gasteiger partial charge on any atom is -0.469 e. The number of aldehydes is 1. The van der Waals surface area contributed by atoms with Gasteiger partial charge in [0.05, 0.1) is 13.5 Å². The summed E-state index contributed by atoms with van der Waals surface area (Å²) < 4.78 is 4.29. The Bertz CT molecular complexity index is 126. The Morgan fingerprint density at radius 2 is 2.33 bits per heavy atom. The predicted octanol–water partition coefficient (Wildman–Crippen LogP) is 0.305. The molecule has 0 aromatic carbocycles. The molecule has 0 aromatic heterocycles. The fraction of sp³-hybridized carbons (Fsp3) is 0.333. The highest BCUT2D eigenvalue weighted by molar-refractivity contribution is 5.73. The van der Waals surface area contributed by atoms with E-state index in [9.17, 15) is 9.59 Å². The molecule has 0 saturated carbocycles. The van der Waals surface area contributed by atoms with Crippen molar-refractivity contribution >= 4 is 12.3 Å². The first kappa shape index (κ1) is 7.88. The van der Waals surface area contributed by atoms with Crippen molar-refractivity contribution in [2.45, 2.75) is 6.42 Å². The Hall–Kier alpha value is -1.12. The van der Waals surface area contributed by atoms with Crippen LogP contribution in [0, 0.1) is 0 Å². The summed E-state index contributed by atoms with van der Waals surface area (Å²) >= 11 is 0. The van der Waals surface area contributed by atoms with Gasteiger partial charge in [0, 0.05) is 0 Å². The third-order valence-corrected chi connectivity index (χ3v) is 0.727. The first-order valence-corrected chi connectivity index (χ1v) is 2.48. The zero-order valence-corrected chi connectivity index (χ0v) is 5.16. The molecule has 0 bridgehead atoms. The van der Waals surface area contributed by atoms with Gasteiger partial charge in [-0.05, 0) is 6.08 Å². The summed E-state index contributed by atoms with van der Waals surface area (Å²) in [5, 5.41) is 0. The number of allylic oxidation sites excluding steroid dienone is 1. The highest BCUT2D eigenvalue weighted by Gasteiger charge is 1.91. The Kier molecular flexibility index (Phi) is 4.40. The molecule has 0 aliphatic rings. The van der Waals surface area contributed by atoms with Gasteiger partial charge in [-0.15, -0.1) is 0 Å². The molecule has 0 fully saturated rings. The van der Waals surface area contributed by atoms with Crippen LogP contribution in [-0.2, 0) is 14.3 Å². The number of esters is 1. The summed E-state index contributed by atoms with van der Waals surface area (Å²) in [6, 6.07) is 0. The molecule has 0 aliphatic heterocycles. The molecule has 0 amide bonds. The molecule has 0 atom stereocenters. The molecule has 3 heteroatoms. The van der Waals surface area contributed by atoms with E-state index in [0.29, 0.717) is 6.29 Å². The number of ether oxygens (including phenoxy) is 1. The molecule has 0 aliphatic carbocycles.